The van der Waals surface area contributed by atoms with Gasteiger partial charge in [0.25, 0.3) is 0 Å². The Labute approximate surface area is 112 Å². The molecule has 2 N–H and O–H groups in total. The van der Waals surface area contributed by atoms with Crippen LogP contribution in [0.1, 0.15) is 25.1 Å². The molecule has 0 aliphatic carbocycles. The summed E-state index contributed by atoms with van der Waals surface area (Å²) in [6, 6.07) is 0. The first-order valence-electron chi connectivity index (χ1n) is 6.00. The molecule has 0 radical (unpaired) electrons. The molecule has 0 unspecified atom stereocenters. The highest BCUT2D eigenvalue weighted by Crippen LogP contribution is 2.17. The summed E-state index contributed by atoms with van der Waals surface area (Å²) >= 11 is 1.49. The van der Waals surface area contributed by atoms with Crippen molar-refractivity contribution in [1.82, 2.24) is 9.88 Å². The number of esters is 1. The van der Waals surface area contributed by atoms with E-state index in [4.69, 9.17) is 5.73 Å². The summed E-state index contributed by atoms with van der Waals surface area (Å²) in [5.74, 6) is 0.375. The number of rotatable bonds is 7. The minimum atomic E-state index is -0.174. The van der Waals surface area contributed by atoms with Gasteiger partial charge in [0.1, 0.15) is 0 Å². The maximum atomic E-state index is 11.2. The SMILES string of the molecule is COC(=O)CCN(Cc1cnc(N)s1)CC(C)C. The molecule has 0 spiro atoms. The Morgan fingerprint density at radius 2 is 2.33 bits per heavy atom. The maximum absolute atomic E-state index is 11.2. The number of anilines is 1. The average Bonchev–Trinajstić information content (AvgIpc) is 2.70. The highest BCUT2D eigenvalue weighted by Gasteiger charge is 2.12. The summed E-state index contributed by atoms with van der Waals surface area (Å²) in [7, 11) is 1.42. The number of hydrogen-bond donors (Lipinski definition) is 1. The van der Waals surface area contributed by atoms with E-state index in [2.05, 4.69) is 28.5 Å². The minimum Gasteiger partial charge on any atom is -0.469 e. The fourth-order valence-electron chi connectivity index (χ4n) is 1.72. The number of nitrogen functional groups attached to an aromatic ring is 1. The van der Waals surface area contributed by atoms with E-state index in [9.17, 15) is 4.79 Å². The van der Waals surface area contributed by atoms with Crippen molar-refractivity contribution < 1.29 is 9.53 Å². The van der Waals surface area contributed by atoms with Crippen molar-refractivity contribution in [3.63, 3.8) is 0 Å². The molecule has 6 heteroatoms. The Kier molecular flexibility index (Phi) is 6.07. The molecule has 1 aromatic rings. The quantitative estimate of drug-likeness (QED) is 0.765. The third-order valence-electron chi connectivity index (χ3n) is 2.43. The van der Waals surface area contributed by atoms with Crippen LogP contribution in [0.3, 0.4) is 0 Å². The molecule has 0 amide bonds. The molecule has 1 rings (SSSR count). The molecule has 18 heavy (non-hydrogen) atoms. The van der Waals surface area contributed by atoms with Crippen LogP contribution in [0.25, 0.3) is 0 Å². The second-order valence-corrected chi connectivity index (χ2v) is 5.77. The van der Waals surface area contributed by atoms with Gasteiger partial charge in [-0.25, -0.2) is 4.98 Å². The zero-order valence-electron chi connectivity index (χ0n) is 11.2. The van der Waals surface area contributed by atoms with Crippen LogP contribution in [0, 0.1) is 5.92 Å². The predicted octanol–water partition coefficient (Wildman–Crippen LogP) is 1.75. The summed E-state index contributed by atoms with van der Waals surface area (Å²) in [5, 5.41) is 0.586. The van der Waals surface area contributed by atoms with E-state index in [0.29, 0.717) is 24.0 Å². The molecule has 0 aliphatic rings. The summed E-state index contributed by atoms with van der Waals surface area (Å²) in [4.78, 5) is 18.6. The first-order chi connectivity index (χ1) is 8.51. The van der Waals surface area contributed by atoms with Gasteiger partial charge in [-0.3, -0.25) is 9.69 Å². The van der Waals surface area contributed by atoms with E-state index < -0.39 is 0 Å². The topological polar surface area (TPSA) is 68.5 Å². The average molecular weight is 271 g/mol. The van der Waals surface area contributed by atoms with E-state index in [0.717, 1.165) is 18.0 Å². The zero-order chi connectivity index (χ0) is 13.5. The molecule has 0 bridgehead atoms. The monoisotopic (exact) mass is 271 g/mol. The smallest absolute Gasteiger partial charge is 0.306 e. The number of thiazole rings is 1. The van der Waals surface area contributed by atoms with Crippen molar-refractivity contribution in [1.29, 1.82) is 0 Å². The number of carbonyl (C=O) groups excluding carboxylic acids is 1. The van der Waals surface area contributed by atoms with Crippen molar-refractivity contribution >= 4 is 22.4 Å². The van der Waals surface area contributed by atoms with Crippen molar-refractivity contribution in [3.05, 3.63) is 11.1 Å². The second kappa shape index (κ2) is 7.33. The highest BCUT2D eigenvalue weighted by atomic mass is 32.1. The molecular formula is C12H21N3O2S. The first-order valence-corrected chi connectivity index (χ1v) is 6.82. The lowest BCUT2D eigenvalue weighted by molar-refractivity contribution is -0.141. The lowest BCUT2D eigenvalue weighted by Gasteiger charge is -2.22. The first kappa shape index (κ1) is 14.9. The maximum Gasteiger partial charge on any atom is 0.306 e. The largest absolute Gasteiger partial charge is 0.469 e. The van der Waals surface area contributed by atoms with Gasteiger partial charge >= 0.3 is 5.97 Å². The molecule has 0 saturated heterocycles. The standard InChI is InChI=1S/C12H21N3O2S/c1-9(2)7-15(5-4-11(16)17-3)8-10-6-14-12(13)18-10/h6,9H,4-5,7-8H2,1-3H3,(H2,13,14). The van der Waals surface area contributed by atoms with Crippen LogP contribution >= 0.6 is 11.3 Å². The van der Waals surface area contributed by atoms with Gasteiger partial charge in [0, 0.05) is 30.7 Å². The van der Waals surface area contributed by atoms with Crippen LogP contribution < -0.4 is 5.73 Å². The summed E-state index contributed by atoms with van der Waals surface area (Å²) in [6.45, 7) is 6.74. The highest BCUT2D eigenvalue weighted by molar-refractivity contribution is 7.15. The van der Waals surface area contributed by atoms with Crippen LogP contribution in [-0.4, -0.2) is 36.1 Å². The van der Waals surface area contributed by atoms with E-state index >= 15 is 0 Å². The molecule has 1 heterocycles. The van der Waals surface area contributed by atoms with Gasteiger partial charge in [0.2, 0.25) is 0 Å². The Bertz CT molecular complexity index is 379. The van der Waals surface area contributed by atoms with Crippen LogP contribution in [-0.2, 0) is 16.1 Å². The molecule has 0 aromatic carbocycles. The molecule has 0 fully saturated rings. The fourth-order valence-corrected chi connectivity index (χ4v) is 2.45. The molecule has 1 aromatic heterocycles. The normalized spacial score (nSPS) is 11.2. The van der Waals surface area contributed by atoms with E-state index in [1.54, 1.807) is 6.20 Å². The Morgan fingerprint density at radius 3 is 2.83 bits per heavy atom. The van der Waals surface area contributed by atoms with Crippen LogP contribution in [0.4, 0.5) is 5.13 Å². The molecule has 5 nitrogen and oxygen atoms in total. The number of carbonyl (C=O) groups is 1. The van der Waals surface area contributed by atoms with Gasteiger partial charge in [-0.2, -0.15) is 0 Å². The lowest BCUT2D eigenvalue weighted by Crippen LogP contribution is -2.29. The number of hydrogen-bond acceptors (Lipinski definition) is 6. The summed E-state index contributed by atoms with van der Waals surface area (Å²) < 4.78 is 4.66. The minimum absolute atomic E-state index is 0.174. The predicted molar refractivity (Wildman–Crippen MR) is 73.3 cm³/mol. The summed E-state index contributed by atoms with van der Waals surface area (Å²) in [5.41, 5.74) is 5.61. The zero-order valence-corrected chi connectivity index (χ0v) is 12.0. The molecule has 0 atom stereocenters. The van der Waals surface area contributed by atoms with Gasteiger partial charge in [0.15, 0.2) is 5.13 Å². The van der Waals surface area contributed by atoms with E-state index in [1.807, 2.05) is 0 Å². The second-order valence-electron chi connectivity index (χ2n) is 4.62. The van der Waals surface area contributed by atoms with Crippen molar-refractivity contribution in [2.75, 3.05) is 25.9 Å². The van der Waals surface area contributed by atoms with Crippen LogP contribution in [0.2, 0.25) is 0 Å². The van der Waals surface area contributed by atoms with Crippen LogP contribution in [0.15, 0.2) is 6.20 Å². The number of aromatic nitrogens is 1. The van der Waals surface area contributed by atoms with Crippen molar-refractivity contribution in [3.8, 4) is 0 Å². The van der Waals surface area contributed by atoms with Crippen molar-refractivity contribution in [2.24, 2.45) is 5.92 Å². The Balaban J connectivity index is 2.52. The number of nitrogens with two attached hydrogens (primary N) is 1. The van der Waals surface area contributed by atoms with Crippen LogP contribution in [0.5, 0.6) is 0 Å². The van der Waals surface area contributed by atoms with Gasteiger partial charge < -0.3 is 10.5 Å². The summed E-state index contributed by atoms with van der Waals surface area (Å²) in [6.07, 6.45) is 2.21. The molecule has 102 valence electrons. The Hall–Kier alpha value is -1.14. The fraction of sp³-hybridized carbons (Fsp3) is 0.667. The number of nitrogens with zero attached hydrogens (tertiary/aromatic N) is 2. The van der Waals surface area contributed by atoms with Gasteiger partial charge in [-0.1, -0.05) is 13.8 Å². The Morgan fingerprint density at radius 1 is 1.61 bits per heavy atom. The van der Waals surface area contributed by atoms with E-state index in [1.165, 1.54) is 18.4 Å². The van der Waals surface area contributed by atoms with Gasteiger partial charge in [-0.15, -0.1) is 11.3 Å². The third-order valence-corrected chi connectivity index (χ3v) is 3.25. The third kappa shape index (κ3) is 5.46. The van der Waals surface area contributed by atoms with E-state index in [-0.39, 0.29) is 5.97 Å². The van der Waals surface area contributed by atoms with Gasteiger partial charge in [0.05, 0.1) is 13.5 Å². The lowest BCUT2D eigenvalue weighted by atomic mass is 10.2. The number of ether oxygens (including phenoxy) is 1. The molecule has 0 aliphatic heterocycles. The van der Waals surface area contributed by atoms with Crippen molar-refractivity contribution in [2.45, 2.75) is 26.8 Å². The number of methoxy groups -OCH3 is 1. The molecular weight excluding hydrogens is 250 g/mol. The molecule has 0 saturated carbocycles. The van der Waals surface area contributed by atoms with Gasteiger partial charge in [-0.05, 0) is 5.92 Å².